The molecule has 0 bridgehead atoms. The highest BCUT2D eigenvalue weighted by atomic mass is 19.1. The Labute approximate surface area is 166 Å². The molecular weight excluding hydrogens is 377 g/mol. The first kappa shape index (κ1) is 18.9. The van der Waals surface area contributed by atoms with Crippen LogP contribution in [0.2, 0.25) is 0 Å². The molecule has 2 amide bonds. The summed E-state index contributed by atoms with van der Waals surface area (Å²) in [6.07, 6.45) is 3.53. The van der Waals surface area contributed by atoms with Crippen molar-refractivity contribution in [1.82, 2.24) is 14.8 Å². The molecule has 2 aromatic heterocycles. The van der Waals surface area contributed by atoms with Crippen molar-refractivity contribution >= 4 is 23.3 Å². The summed E-state index contributed by atoms with van der Waals surface area (Å²) in [5.74, 6) is -0.453. The Morgan fingerprint density at radius 2 is 2.14 bits per heavy atom. The number of amides is 2. The van der Waals surface area contributed by atoms with Crippen molar-refractivity contribution in [3.8, 4) is 11.5 Å². The molecule has 0 spiro atoms. The molecule has 9 heteroatoms. The van der Waals surface area contributed by atoms with Crippen molar-refractivity contribution in [3.05, 3.63) is 48.2 Å². The van der Waals surface area contributed by atoms with Crippen LogP contribution >= 0.6 is 0 Å². The maximum absolute atomic E-state index is 13.4. The minimum Gasteiger partial charge on any atom is -0.444 e. The molecule has 3 aromatic rings. The molecule has 1 aliphatic heterocycles. The largest absolute Gasteiger partial charge is 0.444 e. The zero-order chi connectivity index (χ0) is 20.8. The predicted octanol–water partition coefficient (Wildman–Crippen LogP) is 3.23. The average molecular weight is 397 g/mol. The highest BCUT2D eigenvalue weighted by Gasteiger charge is 2.41. The Hall–Kier alpha value is -3.49. The van der Waals surface area contributed by atoms with Crippen LogP contribution in [0.3, 0.4) is 0 Å². The maximum Gasteiger partial charge on any atom is 0.277 e. The third-order valence-electron chi connectivity index (χ3n) is 4.91. The van der Waals surface area contributed by atoms with Gasteiger partial charge in [-0.15, -0.1) is 0 Å². The van der Waals surface area contributed by atoms with Gasteiger partial charge in [-0.25, -0.2) is 9.37 Å². The third-order valence-corrected chi connectivity index (χ3v) is 4.91. The summed E-state index contributed by atoms with van der Waals surface area (Å²) in [4.78, 5) is 31.0. The number of anilines is 2. The SMILES string of the molecule is Cn1cc(NC(=O)c2coc(-c3cccc(F)c3)n2)c(N2CCC(C)(C)C2=O)n1. The van der Waals surface area contributed by atoms with Crippen LogP contribution in [0.1, 0.15) is 30.8 Å². The summed E-state index contributed by atoms with van der Waals surface area (Å²) in [5, 5.41) is 7.08. The van der Waals surface area contributed by atoms with Gasteiger partial charge in [-0.05, 0) is 24.6 Å². The molecule has 150 valence electrons. The summed E-state index contributed by atoms with van der Waals surface area (Å²) < 4.78 is 20.2. The topological polar surface area (TPSA) is 93.3 Å². The molecule has 0 aliphatic carbocycles. The smallest absolute Gasteiger partial charge is 0.277 e. The molecule has 1 N–H and O–H groups in total. The van der Waals surface area contributed by atoms with Crippen LogP contribution in [0.4, 0.5) is 15.9 Å². The maximum atomic E-state index is 13.4. The van der Waals surface area contributed by atoms with Gasteiger partial charge in [0.15, 0.2) is 11.5 Å². The first-order valence-electron chi connectivity index (χ1n) is 9.13. The molecule has 29 heavy (non-hydrogen) atoms. The lowest BCUT2D eigenvalue weighted by atomic mass is 9.92. The van der Waals surface area contributed by atoms with Crippen LogP contribution in [0.25, 0.3) is 11.5 Å². The van der Waals surface area contributed by atoms with Gasteiger partial charge in [-0.1, -0.05) is 19.9 Å². The predicted molar refractivity (Wildman–Crippen MR) is 104 cm³/mol. The molecule has 1 saturated heterocycles. The number of aryl methyl sites for hydroxylation is 1. The van der Waals surface area contributed by atoms with Crippen LogP contribution in [0.15, 0.2) is 41.1 Å². The lowest BCUT2D eigenvalue weighted by Crippen LogP contribution is -2.32. The van der Waals surface area contributed by atoms with E-state index in [1.165, 1.54) is 29.1 Å². The van der Waals surface area contributed by atoms with E-state index in [0.717, 1.165) is 0 Å². The highest BCUT2D eigenvalue weighted by Crippen LogP contribution is 2.36. The second kappa shape index (κ2) is 6.84. The van der Waals surface area contributed by atoms with Gasteiger partial charge in [0.2, 0.25) is 11.8 Å². The number of carbonyl (C=O) groups excluding carboxylic acids is 2. The number of hydrogen-bond donors (Lipinski definition) is 1. The van der Waals surface area contributed by atoms with E-state index in [4.69, 9.17) is 4.42 Å². The Balaban J connectivity index is 1.56. The molecule has 1 aliphatic rings. The number of carbonyl (C=O) groups is 2. The van der Waals surface area contributed by atoms with Gasteiger partial charge in [0, 0.05) is 24.6 Å². The molecule has 8 nitrogen and oxygen atoms in total. The van der Waals surface area contributed by atoms with Crippen LogP contribution in [0.5, 0.6) is 0 Å². The Morgan fingerprint density at radius 1 is 1.34 bits per heavy atom. The fourth-order valence-electron chi connectivity index (χ4n) is 3.25. The number of hydrogen-bond acceptors (Lipinski definition) is 5. The van der Waals surface area contributed by atoms with Gasteiger partial charge in [-0.2, -0.15) is 5.10 Å². The van der Waals surface area contributed by atoms with Gasteiger partial charge in [0.05, 0.1) is 6.20 Å². The molecule has 0 radical (unpaired) electrons. The quantitative estimate of drug-likeness (QED) is 0.730. The first-order chi connectivity index (χ1) is 13.7. The Morgan fingerprint density at radius 3 is 2.83 bits per heavy atom. The van der Waals surface area contributed by atoms with E-state index in [1.807, 2.05) is 13.8 Å². The minimum absolute atomic E-state index is 0.0344. The van der Waals surface area contributed by atoms with Crippen molar-refractivity contribution in [2.75, 3.05) is 16.8 Å². The van der Waals surface area contributed by atoms with E-state index in [1.54, 1.807) is 24.2 Å². The van der Waals surface area contributed by atoms with Gasteiger partial charge in [0.25, 0.3) is 5.91 Å². The van der Waals surface area contributed by atoms with Crippen LogP contribution in [0, 0.1) is 11.2 Å². The lowest BCUT2D eigenvalue weighted by molar-refractivity contribution is -0.124. The zero-order valence-corrected chi connectivity index (χ0v) is 16.3. The van der Waals surface area contributed by atoms with E-state index >= 15 is 0 Å². The number of benzene rings is 1. The molecule has 0 unspecified atom stereocenters. The van der Waals surface area contributed by atoms with Gasteiger partial charge < -0.3 is 9.73 Å². The van der Waals surface area contributed by atoms with E-state index in [0.29, 0.717) is 30.0 Å². The molecule has 1 fully saturated rings. The summed E-state index contributed by atoms with van der Waals surface area (Å²) in [6.45, 7) is 4.30. The highest BCUT2D eigenvalue weighted by molar-refractivity contribution is 6.07. The number of rotatable bonds is 4. The van der Waals surface area contributed by atoms with Crippen LogP contribution in [-0.4, -0.2) is 33.1 Å². The van der Waals surface area contributed by atoms with E-state index in [2.05, 4.69) is 15.4 Å². The Bertz CT molecular complexity index is 1100. The standard InChI is InChI=1S/C20H20FN5O3/c1-20(2)7-8-26(19(20)28)16-14(10-25(3)24-16)22-17(27)15-11-29-18(23-15)12-5-4-6-13(21)9-12/h4-6,9-11H,7-8H2,1-3H3,(H,22,27). The van der Waals surface area contributed by atoms with Crippen LogP contribution in [-0.2, 0) is 11.8 Å². The zero-order valence-electron chi connectivity index (χ0n) is 16.3. The van der Waals surface area contributed by atoms with Crippen molar-refractivity contribution in [2.45, 2.75) is 20.3 Å². The van der Waals surface area contributed by atoms with E-state index in [9.17, 15) is 14.0 Å². The van der Waals surface area contributed by atoms with E-state index < -0.39 is 17.1 Å². The second-order valence-corrected chi connectivity index (χ2v) is 7.63. The normalized spacial score (nSPS) is 15.7. The fraction of sp³-hybridized carbons (Fsp3) is 0.300. The van der Waals surface area contributed by atoms with Crippen molar-refractivity contribution in [1.29, 1.82) is 0 Å². The van der Waals surface area contributed by atoms with Gasteiger partial charge >= 0.3 is 0 Å². The van der Waals surface area contributed by atoms with Crippen LogP contribution < -0.4 is 10.2 Å². The van der Waals surface area contributed by atoms with Crippen molar-refractivity contribution in [3.63, 3.8) is 0 Å². The molecule has 0 saturated carbocycles. The average Bonchev–Trinajstić information content (AvgIpc) is 3.35. The van der Waals surface area contributed by atoms with Crippen molar-refractivity contribution < 1.29 is 18.4 Å². The third kappa shape index (κ3) is 3.51. The van der Waals surface area contributed by atoms with E-state index in [-0.39, 0.29) is 17.5 Å². The van der Waals surface area contributed by atoms with Gasteiger partial charge in [-0.3, -0.25) is 19.2 Å². The lowest BCUT2D eigenvalue weighted by Gasteiger charge is -2.18. The molecule has 4 rings (SSSR count). The van der Waals surface area contributed by atoms with Gasteiger partial charge in [0.1, 0.15) is 17.8 Å². The number of nitrogens with one attached hydrogen (secondary N) is 1. The van der Waals surface area contributed by atoms with Crippen molar-refractivity contribution in [2.24, 2.45) is 12.5 Å². The monoisotopic (exact) mass is 397 g/mol. The number of aromatic nitrogens is 3. The molecule has 0 atom stereocenters. The summed E-state index contributed by atoms with van der Waals surface area (Å²) in [6, 6.07) is 5.75. The summed E-state index contributed by atoms with van der Waals surface area (Å²) in [7, 11) is 1.71. The molecular formula is C20H20FN5O3. The first-order valence-corrected chi connectivity index (χ1v) is 9.13. The second-order valence-electron chi connectivity index (χ2n) is 7.63. The fourth-order valence-corrected chi connectivity index (χ4v) is 3.25. The summed E-state index contributed by atoms with van der Waals surface area (Å²) >= 11 is 0. The molecule has 1 aromatic carbocycles. The number of halogens is 1. The number of nitrogens with zero attached hydrogens (tertiary/aromatic N) is 4. The number of oxazole rings is 1. The minimum atomic E-state index is -0.517. The Kier molecular flexibility index (Phi) is 4.45. The molecule has 3 heterocycles. The summed E-state index contributed by atoms with van der Waals surface area (Å²) in [5.41, 5.74) is 0.395.